The fraction of sp³-hybridized carbons (Fsp3) is 0.700. The van der Waals surface area contributed by atoms with Crippen molar-refractivity contribution in [2.75, 3.05) is 19.7 Å². The molecule has 0 radical (unpaired) electrons. The lowest BCUT2D eigenvalue weighted by atomic mass is 10.1. The zero-order chi connectivity index (χ0) is 9.90. The molecule has 72 valence electrons. The van der Waals surface area contributed by atoms with E-state index in [-0.39, 0.29) is 11.5 Å². The van der Waals surface area contributed by atoms with Gasteiger partial charge in [0.1, 0.15) is 0 Å². The first-order valence-electron chi connectivity index (χ1n) is 4.41. The maximum absolute atomic E-state index is 11.4. The number of rotatable bonds is 0. The predicted molar refractivity (Wildman–Crippen MR) is 50.1 cm³/mol. The minimum Gasteiger partial charge on any atom is -0.372 e. The van der Waals surface area contributed by atoms with Gasteiger partial charge in [0.25, 0.3) is 5.91 Å². The summed E-state index contributed by atoms with van der Waals surface area (Å²) in [4.78, 5) is 13.1. The Kier molecular flexibility index (Phi) is 2.94. The van der Waals surface area contributed by atoms with Crippen LogP contribution in [0, 0.1) is 11.8 Å². The highest BCUT2D eigenvalue weighted by Gasteiger charge is 2.29. The molecule has 1 rings (SSSR count). The molecule has 1 saturated heterocycles. The van der Waals surface area contributed by atoms with E-state index in [1.807, 2.05) is 13.8 Å². The van der Waals surface area contributed by atoms with Crippen molar-refractivity contribution in [2.45, 2.75) is 26.4 Å². The molecule has 1 amide bonds. The second-order valence-corrected chi connectivity index (χ2v) is 3.71. The highest BCUT2D eigenvalue weighted by molar-refractivity contribution is 5.93. The van der Waals surface area contributed by atoms with Gasteiger partial charge in [-0.05, 0) is 26.7 Å². The van der Waals surface area contributed by atoms with Crippen molar-refractivity contribution in [3.05, 3.63) is 0 Å². The van der Waals surface area contributed by atoms with Crippen LogP contribution >= 0.6 is 0 Å². The molecule has 1 fully saturated rings. The number of hydrogen-bond donors (Lipinski definition) is 0. The molecular weight excluding hydrogens is 166 g/mol. The SMILES string of the molecule is CC#CC(=O)N1CCOC(C)(C)C1. The van der Waals surface area contributed by atoms with Crippen LogP contribution in [0.2, 0.25) is 0 Å². The van der Waals surface area contributed by atoms with Gasteiger partial charge in [-0.15, -0.1) is 0 Å². The lowest BCUT2D eigenvalue weighted by Gasteiger charge is -2.37. The minimum absolute atomic E-state index is 0.0983. The van der Waals surface area contributed by atoms with E-state index >= 15 is 0 Å². The van der Waals surface area contributed by atoms with Crippen LogP contribution in [0.15, 0.2) is 0 Å². The van der Waals surface area contributed by atoms with Crippen molar-refractivity contribution in [1.29, 1.82) is 0 Å². The molecule has 0 spiro atoms. The zero-order valence-corrected chi connectivity index (χ0v) is 8.39. The first kappa shape index (κ1) is 10.1. The average molecular weight is 181 g/mol. The van der Waals surface area contributed by atoms with Crippen molar-refractivity contribution in [1.82, 2.24) is 4.90 Å². The van der Waals surface area contributed by atoms with Gasteiger partial charge < -0.3 is 9.64 Å². The number of carbonyl (C=O) groups is 1. The Morgan fingerprint density at radius 2 is 2.23 bits per heavy atom. The molecule has 0 aromatic carbocycles. The van der Waals surface area contributed by atoms with E-state index < -0.39 is 0 Å². The Morgan fingerprint density at radius 1 is 1.54 bits per heavy atom. The van der Waals surface area contributed by atoms with Gasteiger partial charge in [-0.1, -0.05) is 5.92 Å². The van der Waals surface area contributed by atoms with Crippen LogP contribution in [0.25, 0.3) is 0 Å². The van der Waals surface area contributed by atoms with Crippen LogP contribution < -0.4 is 0 Å². The molecule has 1 aliphatic heterocycles. The smallest absolute Gasteiger partial charge is 0.298 e. The molecule has 1 aliphatic rings. The van der Waals surface area contributed by atoms with Crippen molar-refractivity contribution < 1.29 is 9.53 Å². The van der Waals surface area contributed by atoms with Crippen LogP contribution in [0.1, 0.15) is 20.8 Å². The summed E-state index contributed by atoms with van der Waals surface area (Å²) in [6, 6.07) is 0. The molecule has 0 unspecified atom stereocenters. The van der Waals surface area contributed by atoms with Gasteiger partial charge in [0, 0.05) is 6.54 Å². The second kappa shape index (κ2) is 3.80. The van der Waals surface area contributed by atoms with Crippen LogP contribution in [0.5, 0.6) is 0 Å². The van der Waals surface area contributed by atoms with Crippen molar-refractivity contribution >= 4 is 5.91 Å². The van der Waals surface area contributed by atoms with E-state index in [9.17, 15) is 4.79 Å². The summed E-state index contributed by atoms with van der Waals surface area (Å²) in [7, 11) is 0. The standard InChI is InChI=1S/C10H15NO2/c1-4-5-9(12)11-6-7-13-10(2,3)8-11/h6-8H2,1-3H3. The molecule has 0 bridgehead atoms. The molecule has 0 aromatic rings. The Balaban J connectivity index is 2.60. The highest BCUT2D eigenvalue weighted by Crippen LogP contribution is 2.15. The third-order valence-electron chi connectivity index (χ3n) is 1.94. The van der Waals surface area contributed by atoms with E-state index in [1.54, 1.807) is 11.8 Å². The summed E-state index contributed by atoms with van der Waals surface area (Å²) in [5, 5.41) is 0. The molecule has 3 heteroatoms. The fourth-order valence-corrected chi connectivity index (χ4v) is 1.38. The fourth-order valence-electron chi connectivity index (χ4n) is 1.38. The van der Waals surface area contributed by atoms with Gasteiger partial charge in [0.05, 0.1) is 18.8 Å². The normalized spacial score (nSPS) is 20.4. The number of amides is 1. The van der Waals surface area contributed by atoms with Crippen LogP contribution in [-0.2, 0) is 9.53 Å². The number of nitrogens with zero attached hydrogens (tertiary/aromatic N) is 1. The van der Waals surface area contributed by atoms with E-state index in [0.717, 1.165) is 0 Å². The summed E-state index contributed by atoms with van der Waals surface area (Å²) in [5.74, 6) is 5.05. The van der Waals surface area contributed by atoms with Gasteiger partial charge in [-0.25, -0.2) is 0 Å². The molecule has 1 heterocycles. The highest BCUT2D eigenvalue weighted by atomic mass is 16.5. The van der Waals surface area contributed by atoms with E-state index in [0.29, 0.717) is 19.7 Å². The maximum atomic E-state index is 11.4. The molecule has 0 atom stereocenters. The van der Waals surface area contributed by atoms with Gasteiger partial charge in [-0.3, -0.25) is 4.79 Å². The maximum Gasteiger partial charge on any atom is 0.298 e. The molecule has 3 nitrogen and oxygen atoms in total. The van der Waals surface area contributed by atoms with Gasteiger partial charge in [0.2, 0.25) is 0 Å². The number of carbonyl (C=O) groups excluding carboxylic acids is 1. The van der Waals surface area contributed by atoms with E-state index in [2.05, 4.69) is 11.8 Å². The van der Waals surface area contributed by atoms with Gasteiger partial charge in [0.15, 0.2) is 0 Å². The Bertz CT molecular complexity index is 260. The molecule has 13 heavy (non-hydrogen) atoms. The summed E-state index contributed by atoms with van der Waals surface area (Å²) in [5.41, 5.74) is -0.233. The van der Waals surface area contributed by atoms with Gasteiger partial charge in [-0.2, -0.15) is 0 Å². The second-order valence-electron chi connectivity index (χ2n) is 3.71. The summed E-state index contributed by atoms with van der Waals surface area (Å²) in [6.07, 6.45) is 0. The quantitative estimate of drug-likeness (QED) is 0.513. The summed E-state index contributed by atoms with van der Waals surface area (Å²) < 4.78 is 5.48. The van der Waals surface area contributed by atoms with Gasteiger partial charge >= 0.3 is 0 Å². The largest absolute Gasteiger partial charge is 0.372 e. The topological polar surface area (TPSA) is 29.5 Å². The average Bonchev–Trinajstić information content (AvgIpc) is 2.03. The Hall–Kier alpha value is -1.01. The number of ether oxygens (including phenoxy) is 1. The number of hydrogen-bond acceptors (Lipinski definition) is 2. The molecule has 0 aromatic heterocycles. The molecule has 0 N–H and O–H groups in total. The van der Waals surface area contributed by atoms with Crippen molar-refractivity contribution in [3.8, 4) is 11.8 Å². The molecule has 0 saturated carbocycles. The van der Waals surface area contributed by atoms with Crippen LogP contribution in [0.3, 0.4) is 0 Å². The Morgan fingerprint density at radius 3 is 2.77 bits per heavy atom. The van der Waals surface area contributed by atoms with Crippen molar-refractivity contribution in [2.24, 2.45) is 0 Å². The van der Waals surface area contributed by atoms with Crippen LogP contribution in [-0.4, -0.2) is 36.1 Å². The van der Waals surface area contributed by atoms with E-state index in [1.165, 1.54) is 0 Å². The first-order chi connectivity index (χ1) is 6.05. The lowest BCUT2D eigenvalue weighted by Crippen LogP contribution is -2.50. The third kappa shape index (κ3) is 2.74. The van der Waals surface area contributed by atoms with Crippen molar-refractivity contribution in [3.63, 3.8) is 0 Å². The zero-order valence-electron chi connectivity index (χ0n) is 8.39. The first-order valence-corrected chi connectivity index (χ1v) is 4.41. The summed E-state index contributed by atoms with van der Waals surface area (Å²) in [6.45, 7) is 7.50. The number of morpholine rings is 1. The predicted octanol–water partition coefficient (Wildman–Crippen LogP) is 0.647. The minimum atomic E-state index is -0.233. The monoisotopic (exact) mass is 181 g/mol. The Labute approximate surface area is 79.1 Å². The van der Waals surface area contributed by atoms with E-state index in [4.69, 9.17) is 4.74 Å². The lowest BCUT2D eigenvalue weighted by molar-refractivity contribution is -0.140. The molecular formula is C10H15NO2. The summed E-state index contributed by atoms with van der Waals surface area (Å²) >= 11 is 0. The van der Waals surface area contributed by atoms with Crippen LogP contribution in [0.4, 0.5) is 0 Å². The third-order valence-corrected chi connectivity index (χ3v) is 1.94. The molecule has 0 aliphatic carbocycles.